The average Bonchev–Trinajstić information content (AvgIpc) is 3.14. The number of anilines is 1. The Morgan fingerprint density at radius 2 is 2.04 bits per heavy atom. The van der Waals surface area contributed by atoms with Crippen LogP contribution in [0.2, 0.25) is 0 Å². The van der Waals surface area contributed by atoms with Gasteiger partial charge in [0.2, 0.25) is 5.95 Å². The Balaban J connectivity index is 1.53. The van der Waals surface area contributed by atoms with E-state index in [2.05, 4.69) is 33.5 Å². The fourth-order valence-electron chi connectivity index (χ4n) is 3.57. The summed E-state index contributed by atoms with van der Waals surface area (Å²) in [5, 5.41) is 5.36. The summed E-state index contributed by atoms with van der Waals surface area (Å²) >= 11 is 0. The first-order chi connectivity index (χ1) is 13.1. The molecule has 0 spiro atoms. The molecule has 1 fully saturated rings. The molecule has 0 aliphatic carbocycles. The highest BCUT2D eigenvalue weighted by atomic mass is 16.1. The quantitative estimate of drug-likeness (QED) is 0.746. The van der Waals surface area contributed by atoms with Crippen LogP contribution in [0.1, 0.15) is 35.4 Å². The SMILES string of the molecule is C[C@@H](NC(=O)c1ccnc(N2CC[C@H](N)C2)n1)c1cccc2ccccc12. The predicted octanol–water partition coefficient (Wildman–Crippen LogP) is 2.66. The van der Waals surface area contributed by atoms with E-state index in [0.29, 0.717) is 11.6 Å². The summed E-state index contributed by atoms with van der Waals surface area (Å²) in [6.45, 7) is 3.53. The number of nitrogens with two attached hydrogens (primary N) is 1. The van der Waals surface area contributed by atoms with Gasteiger partial charge < -0.3 is 16.0 Å². The molecule has 6 nitrogen and oxygen atoms in total. The average molecular weight is 361 g/mol. The molecule has 138 valence electrons. The molecule has 0 saturated carbocycles. The lowest BCUT2D eigenvalue weighted by Crippen LogP contribution is -2.30. The fourth-order valence-corrected chi connectivity index (χ4v) is 3.57. The van der Waals surface area contributed by atoms with Crippen molar-refractivity contribution >= 4 is 22.6 Å². The van der Waals surface area contributed by atoms with Gasteiger partial charge in [-0.05, 0) is 35.7 Å². The Labute approximate surface area is 158 Å². The third-order valence-electron chi connectivity index (χ3n) is 5.02. The fraction of sp³-hybridized carbons (Fsp3) is 0.286. The lowest BCUT2D eigenvalue weighted by atomic mass is 9.99. The van der Waals surface area contributed by atoms with Crippen LogP contribution < -0.4 is 16.0 Å². The number of nitrogens with zero attached hydrogens (tertiary/aromatic N) is 3. The lowest BCUT2D eigenvalue weighted by molar-refractivity contribution is 0.0935. The maximum absolute atomic E-state index is 12.8. The Kier molecular flexibility index (Phi) is 4.73. The van der Waals surface area contributed by atoms with E-state index < -0.39 is 0 Å². The van der Waals surface area contributed by atoms with Gasteiger partial charge in [0.1, 0.15) is 5.69 Å². The Bertz CT molecular complexity index is 968. The lowest BCUT2D eigenvalue weighted by Gasteiger charge is -2.18. The number of fused-ring (bicyclic) bond motifs is 1. The van der Waals surface area contributed by atoms with Gasteiger partial charge in [-0.3, -0.25) is 4.79 Å². The van der Waals surface area contributed by atoms with Crippen LogP contribution in [0.4, 0.5) is 5.95 Å². The van der Waals surface area contributed by atoms with Crippen molar-refractivity contribution < 1.29 is 4.79 Å². The molecule has 0 bridgehead atoms. The molecule has 1 amide bonds. The Morgan fingerprint density at radius 1 is 1.22 bits per heavy atom. The van der Waals surface area contributed by atoms with Crippen molar-refractivity contribution in [2.75, 3.05) is 18.0 Å². The number of hydrogen-bond acceptors (Lipinski definition) is 5. The van der Waals surface area contributed by atoms with Crippen LogP contribution in [0.3, 0.4) is 0 Å². The van der Waals surface area contributed by atoms with Crippen molar-refractivity contribution in [1.82, 2.24) is 15.3 Å². The van der Waals surface area contributed by atoms with Gasteiger partial charge in [0, 0.05) is 25.3 Å². The van der Waals surface area contributed by atoms with E-state index in [4.69, 9.17) is 5.73 Å². The molecule has 1 aliphatic rings. The summed E-state index contributed by atoms with van der Waals surface area (Å²) in [5.74, 6) is 0.357. The molecule has 1 saturated heterocycles. The number of carbonyl (C=O) groups excluding carboxylic acids is 1. The van der Waals surface area contributed by atoms with Crippen molar-refractivity contribution in [3.05, 3.63) is 66.0 Å². The van der Waals surface area contributed by atoms with Crippen LogP contribution in [-0.2, 0) is 0 Å². The van der Waals surface area contributed by atoms with E-state index in [-0.39, 0.29) is 18.0 Å². The number of benzene rings is 2. The molecule has 1 aliphatic heterocycles. The van der Waals surface area contributed by atoms with E-state index in [1.54, 1.807) is 12.3 Å². The minimum atomic E-state index is -0.206. The van der Waals surface area contributed by atoms with Crippen LogP contribution in [0.15, 0.2) is 54.7 Å². The van der Waals surface area contributed by atoms with E-state index >= 15 is 0 Å². The predicted molar refractivity (Wildman–Crippen MR) is 107 cm³/mol. The molecular weight excluding hydrogens is 338 g/mol. The molecular formula is C21H23N5O. The van der Waals surface area contributed by atoms with Gasteiger partial charge >= 0.3 is 0 Å². The van der Waals surface area contributed by atoms with Crippen molar-refractivity contribution in [3.8, 4) is 0 Å². The monoisotopic (exact) mass is 361 g/mol. The van der Waals surface area contributed by atoms with Crippen LogP contribution in [0, 0.1) is 0 Å². The first-order valence-corrected chi connectivity index (χ1v) is 9.24. The standard InChI is InChI=1S/C21H23N5O/c1-14(17-8-4-6-15-5-2-3-7-18(15)17)24-20(27)19-9-11-23-21(25-19)26-12-10-16(22)13-26/h2-9,11,14,16H,10,12-13,22H2,1H3,(H,24,27)/t14-,16+/m1/s1. The smallest absolute Gasteiger partial charge is 0.270 e. The van der Waals surface area contributed by atoms with Crippen molar-refractivity contribution in [2.24, 2.45) is 5.73 Å². The van der Waals surface area contributed by atoms with Crippen molar-refractivity contribution in [1.29, 1.82) is 0 Å². The number of nitrogens with one attached hydrogen (secondary N) is 1. The minimum absolute atomic E-state index is 0.137. The van der Waals surface area contributed by atoms with E-state index in [1.165, 1.54) is 0 Å². The summed E-state index contributed by atoms with van der Waals surface area (Å²) in [7, 11) is 0. The zero-order valence-electron chi connectivity index (χ0n) is 15.3. The molecule has 2 aromatic carbocycles. The Hall–Kier alpha value is -2.99. The topological polar surface area (TPSA) is 84.1 Å². The van der Waals surface area contributed by atoms with Gasteiger partial charge in [0.25, 0.3) is 5.91 Å². The maximum atomic E-state index is 12.8. The van der Waals surface area contributed by atoms with Crippen LogP contribution in [0.25, 0.3) is 10.8 Å². The normalized spacial score (nSPS) is 17.9. The zero-order chi connectivity index (χ0) is 18.8. The van der Waals surface area contributed by atoms with Gasteiger partial charge in [-0.2, -0.15) is 0 Å². The second-order valence-corrected chi connectivity index (χ2v) is 7.00. The maximum Gasteiger partial charge on any atom is 0.270 e. The highest BCUT2D eigenvalue weighted by molar-refractivity contribution is 5.93. The number of hydrogen-bond donors (Lipinski definition) is 2. The summed E-state index contributed by atoms with van der Waals surface area (Å²) in [5.41, 5.74) is 7.41. The number of rotatable bonds is 4. The Morgan fingerprint density at radius 3 is 2.85 bits per heavy atom. The second kappa shape index (κ2) is 7.32. The first-order valence-electron chi connectivity index (χ1n) is 9.24. The number of amides is 1. The van der Waals surface area contributed by atoms with Gasteiger partial charge in [0.15, 0.2) is 0 Å². The van der Waals surface area contributed by atoms with Gasteiger partial charge in [-0.25, -0.2) is 9.97 Å². The first kappa shape index (κ1) is 17.4. The molecule has 3 N–H and O–H groups in total. The molecule has 0 radical (unpaired) electrons. The van der Waals surface area contributed by atoms with E-state index in [9.17, 15) is 4.79 Å². The summed E-state index contributed by atoms with van der Waals surface area (Å²) in [4.78, 5) is 23.5. The van der Waals surface area contributed by atoms with E-state index in [0.717, 1.165) is 35.8 Å². The van der Waals surface area contributed by atoms with Crippen molar-refractivity contribution in [3.63, 3.8) is 0 Å². The van der Waals surface area contributed by atoms with Gasteiger partial charge in [-0.15, -0.1) is 0 Å². The third kappa shape index (κ3) is 3.61. The second-order valence-electron chi connectivity index (χ2n) is 7.00. The molecule has 6 heteroatoms. The molecule has 1 aromatic heterocycles. The molecule has 4 rings (SSSR count). The summed E-state index contributed by atoms with van der Waals surface area (Å²) in [6, 6.07) is 16.0. The van der Waals surface area contributed by atoms with Crippen molar-refractivity contribution in [2.45, 2.75) is 25.4 Å². The van der Waals surface area contributed by atoms with Crippen LogP contribution >= 0.6 is 0 Å². The molecule has 0 unspecified atom stereocenters. The van der Waals surface area contributed by atoms with Gasteiger partial charge in [0.05, 0.1) is 6.04 Å². The van der Waals surface area contributed by atoms with Crippen LogP contribution in [-0.4, -0.2) is 35.0 Å². The zero-order valence-corrected chi connectivity index (χ0v) is 15.3. The molecule has 27 heavy (non-hydrogen) atoms. The van der Waals surface area contributed by atoms with E-state index in [1.807, 2.05) is 36.1 Å². The minimum Gasteiger partial charge on any atom is -0.344 e. The highest BCUT2D eigenvalue weighted by Gasteiger charge is 2.22. The largest absolute Gasteiger partial charge is 0.344 e. The third-order valence-corrected chi connectivity index (χ3v) is 5.02. The molecule has 2 atom stereocenters. The highest BCUT2D eigenvalue weighted by Crippen LogP contribution is 2.24. The van der Waals surface area contributed by atoms with Crippen LogP contribution in [0.5, 0.6) is 0 Å². The van der Waals surface area contributed by atoms with Gasteiger partial charge in [-0.1, -0.05) is 42.5 Å². The summed E-state index contributed by atoms with van der Waals surface area (Å²) in [6.07, 6.45) is 2.54. The molecule has 2 heterocycles. The number of aromatic nitrogens is 2. The molecule has 3 aromatic rings. The summed E-state index contributed by atoms with van der Waals surface area (Å²) < 4.78 is 0. The number of carbonyl (C=O) groups is 1.